The molecule has 1 aliphatic heterocycles. The number of nitrogen functional groups attached to an aromatic ring is 1. The molecular formula is C13H21N5O. The zero-order chi connectivity index (χ0) is 14.0. The first-order chi connectivity index (χ1) is 8.99. The molecule has 0 radical (unpaired) electrons. The average Bonchev–Trinajstić information content (AvgIpc) is 2.87. The van der Waals surface area contributed by atoms with Gasteiger partial charge in [-0.05, 0) is 26.7 Å². The predicted molar refractivity (Wildman–Crippen MR) is 75.0 cm³/mol. The lowest BCUT2D eigenvalue weighted by molar-refractivity contribution is -0.128. The van der Waals surface area contributed by atoms with E-state index in [9.17, 15) is 4.79 Å². The molecule has 1 aromatic heterocycles. The number of aromatic nitrogens is 2. The predicted octanol–water partition coefficient (Wildman–Crippen LogP) is 0.734. The Bertz CT molecular complexity index is 482. The van der Waals surface area contributed by atoms with E-state index in [1.807, 2.05) is 23.8 Å². The summed E-state index contributed by atoms with van der Waals surface area (Å²) in [6, 6.07) is 0. The van der Waals surface area contributed by atoms with Crippen LogP contribution in [0.15, 0.2) is 0 Å². The summed E-state index contributed by atoms with van der Waals surface area (Å²) in [7, 11) is 1.86. The SMILES string of the molecule is Cc1nc(N)c(C)c(N(C)CC(=O)N2CCCC2)n1. The van der Waals surface area contributed by atoms with Crippen molar-refractivity contribution in [2.75, 3.05) is 37.3 Å². The second-order valence-corrected chi connectivity index (χ2v) is 5.05. The Hall–Kier alpha value is -1.85. The van der Waals surface area contributed by atoms with Gasteiger partial charge < -0.3 is 15.5 Å². The van der Waals surface area contributed by atoms with Crippen molar-refractivity contribution < 1.29 is 4.79 Å². The summed E-state index contributed by atoms with van der Waals surface area (Å²) in [5.74, 6) is 1.98. The van der Waals surface area contributed by atoms with E-state index in [1.54, 1.807) is 6.92 Å². The normalized spacial score (nSPS) is 14.8. The molecule has 19 heavy (non-hydrogen) atoms. The van der Waals surface area contributed by atoms with Gasteiger partial charge in [-0.25, -0.2) is 9.97 Å². The third-order valence-electron chi connectivity index (χ3n) is 3.46. The van der Waals surface area contributed by atoms with Gasteiger partial charge in [-0.15, -0.1) is 0 Å². The lowest BCUT2D eigenvalue weighted by Crippen LogP contribution is -2.38. The van der Waals surface area contributed by atoms with E-state index in [0.29, 0.717) is 18.2 Å². The molecule has 1 aliphatic rings. The van der Waals surface area contributed by atoms with E-state index in [1.165, 1.54) is 0 Å². The number of likely N-dealkylation sites (N-methyl/N-ethyl adjacent to an activating group) is 1. The number of rotatable bonds is 3. The topological polar surface area (TPSA) is 75.3 Å². The molecule has 0 atom stereocenters. The summed E-state index contributed by atoms with van der Waals surface area (Å²) in [6.07, 6.45) is 2.21. The van der Waals surface area contributed by atoms with Crippen molar-refractivity contribution in [3.05, 3.63) is 11.4 Å². The van der Waals surface area contributed by atoms with Gasteiger partial charge in [-0.1, -0.05) is 0 Å². The van der Waals surface area contributed by atoms with E-state index in [-0.39, 0.29) is 5.91 Å². The maximum absolute atomic E-state index is 12.1. The molecule has 2 N–H and O–H groups in total. The van der Waals surface area contributed by atoms with E-state index < -0.39 is 0 Å². The zero-order valence-electron chi connectivity index (χ0n) is 11.8. The summed E-state index contributed by atoms with van der Waals surface area (Å²) < 4.78 is 0. The van der Waals surface area contributed by atoms with Crippen LogP contribution in [-0.2, 0) is 4.79 Å². The van der Waals surface area contributed by atoms with Crippen molar-refractivity contribution >= 4 is 17.5 Å². The number of carbonyl (C=O) groups excluding carboxylic acids is 1. The molecule has 0 unspecified atom stereocenters. The molecule has 2 heterocycles. The first-order valence-electron chi connectivity index (χ1n) is 6.58. The molecule has 1 saturated heterocycles. The van der Waals surface area contributed by atoms with Crippen LogP contribution in [0.2, 0.25) is 0 Å². The van der Waals surface area contributed by atoms with Gasteiger partial charge in [-0.2, -0.15) is 0 Å². The standard InChI is InChI=1S/C13H21N5O/c1-9-12(14)15-10(2)16-13(9)17(3)8-11(19)18-6-4-5-7-18/h4-8H2,1-3H3,(H2,14,15,16). The van der Waals surface area contributed by atoms with Gasteiger partial charge in [0.05, 0.1) is 6.54 Å². The van der Waals surface area contributed by atoms with Crippen molar-refractivity contribution in [3.63, 3.8) is 0 Å². The summed E-state index contributed by atoms with van der Waals surface area (Å²) in [5, 5.41) is 0. The van der Waals surface area contributed by atoms with Gasteiger partial charge >= 0.3 is 0 Å². The maximum Gasteiger partial charge on any atom is 0.242 e. The second kappa shape index (κ2) is 5.42. The van der Waals surface area contributed by atoms with Gasteiger partial charge in [0.25, 0.3) is 0 Å². The Kier molecular flexibility index (Phi) is 3.87. The number of aryl methyl sites for hydroxylation is 1. The van der Waals surface area contributed by atoms with Crippen LogP contribution in [0, 0.1) is 13.8 Å². The van der Waals surface area contributed by atoms with Crippen LogP contribution in [0.25, 0.3) is 0 Å². The Morgan fingerprint density at radius 3 is 2.58 bits per heavy atom. The van der Waals surface area contributed by atoms with Crippen LogP contribution in [0.3, 0.4) is 0 Å². The van der Waals surface area contributed by atoms with E-state index in [0.717, 1.165) is 37.3 Å². The van der Waals surface area contributed by atoms with E-state index in [4.69, 9.17) is 5.73 Å². The lowest BCUT2D eigenvalue weighted by Gasteiger charge is -2.23. The molecule has 0 spiro atoms. The van der Waals surface area contributed by atoms with Gasteiger partial charge in [0.2, 0.25) is 5.91 Å². The molecule has 0 aromatic carbocycles. The summed E-state index contributed by atoms with van der Waals surface area (Å²) in [4.78, 5) is 24.4. The molecule has 0 bridgehead atoms. The number of hydrogen-bond donors (Lipinski definition) is 1. The summed E-state index contributed by atoms with van der Waals surface area (Å²) in [5.41, 5.74) is 6.66. The first-order valence-corrected chi connectivity index (χ1v) is 6.58. The third-order valence-corrected chi connectivity index (χ3v) is 3.46. The fourth-order valence-corrected chi connectivity index (χ4v) is 2.35. The molecule has 1 aromatic rings. The molecule has 1 amide bonds. The quantitative estimate of drug-likeness (QED) is 0.870. The van der Waals surface area contributed by atoms with Crippen molar-refractivity contribution in [2.45, 2.75) is 26.7 Å². The molecule has 1 fully saturated rings. The summed E-state index contributed by atoms with van der Waals surface area (Å²) >= 11 is 0. The third kappa shape index (κ3) is 2.94. The van der Waals surface area contributed by atoms with Gasteiger partial charge in [0.1, 0.15) is 17.5 Å². The highest BCUT2D eigenvalue weighted by molar-refractivity contribution is 5.81. The van der Waals surface area contributed by atoms with Crippen LogP contribution in [-0.4, -0.2) is 47.5 Å². The van der Waals surface area contributed by atoms with Crippen molar-refractivity contribution in [1.82, 2.24) is 14.9 Å². The van der Waals surface area contributed by atoms with Gasteiger partial charge in [0, 0.05) is 25.7 Å². The Morgan fingerprint density at radius 1 is 1.32 bits per heavy atom. The van der Waals surface area contributed by atoms with Crippen molar-refractivity contribution in [2.24, 2.45) is 0 Å². The number of anilines is 2. The van der Waals surface area contributed by atoms with Crippen LogP contribution >= 0.6 is 0 Å². The minimum Gasteiger partial charge on any atom is -0.383 e. The summed E-state index contributed by atoms with van der Waals surface area (Å²) in [6.45, 7) is 5.75. The highest BCUT2D eigenvalue weighted by atomic mass is 16.2. The largest absolute Gasteiger partial charge is 0.383 e. The van der Waals surface area contributed by atoms with Crippen molar-refractivity contribution in [1.29, 1.82) is 0 Å². The minimum atomic E-state index is 0.147. The highest BCUT2D eigenvalue weighted by Gasteiger charge is 2.20. The lowest BCUT2D eigenvalue weighted by atomic mass is 10.3. The second-order valence-electron chi connectivity index (χ2n) is 5.05. The molecule has 0 aliphatic carbocycles. The fourth-order valence-electron chi connectivity index (χ4n) is 2.35. The Morgan fingerprint density at radius 2 is 1.95 bits per heavy atom. The van der Waals surface area contributed by atoms with Gasteiger partial charge in [0.15, 0.2) is 0 Å². The van der Waals surface area contributed by atoms with Crippen LogP contribution in [0.4, 0.5) is 11.6 Å². The number of nitrogens with two attached hydrogens (primary N) is 1. The molecule has 104 valence electrons. The number of amides is 1. The van der Waals surface area contributed by atoms with Crippen LogP contribution < -0.4 is 10.6 Å². The van der Waals surface area contributed by atoms with E-state index in [2.05, 4.69) is 9.97 Å². The smallest absolute Gasteiger partial charge is 0.242 e. The molecule has 6 nitrogen and oxygen atoms in total. The van der Waals surface area contributed by atoms with Crippen LogP contribution in [0.1, 0.15) is 24.2 Å². The number of likely N-dealkylation sites (tertiary alicyclic amines) is 1. The van der Waals surface area contributed by atoms with Crippen LogP contribution in [0.5, 0.6) is 0 Å². The fraction of sp³-hybridized carbons (Fsp3) is 0.615. The Labute approximate surface area is 113 Å². The van der Waals surface area contributed by atoms with Crippen molar-refractivity contribution in [3.8, 4) is 0 Å². The molecular weight excluding hydrogens is 242 g/mol. The molecule has 0 saturated carbocycles. The number of hydrogen-bond acceptors (Lipinski definition) is 5. The monoisotopic (exact) mass is 263 g/mol. The maximum atomic E-state index is 12.1. The number of nitrogens with zero attached hydrogens (tertiary/aromatic N) is 4. The first kappa shape index (κ1) is 13.6. The minimum absolute atomic E-state index is 0.147. The van der Waals surface area contributed by atoms with Gasteiger partial charge in [-0.3, -0.25) is 4.79 Å². The highest BCUT2D eigenvalue weighted by Crippen LogP contribution is 2.20. The number of carbonyl (C=O) groups is 1. The Balaban J connectivity index is 2.11. The van der Waals surface area contributed by atoms with E-state index >= 15 is 0 Å². The molecule has 6 heteroatoms. The average molecular weight is 263 g/mol. The molecule has 2 rings (SSSR count). The zero-order valence-corrected chi connectivity index (χ0v) is 11.8.